The number of nitrogens with one attached hydrogen (secondary N) is 1. The molecule has 0 spiro atoms. The van der Waals surface area contributed by atoms with E-state index in [2.05, 4.69) is 5.32 Å². The average Bonchev–Trinajstić information content (AvgIpc) is 2.83. The minimum absolute atomic E-state index is 0.0682. The van der Waals surface area contributed by atoms with Crippen molar-refractivity contribution in [1.29, 1.82) is 0 Å². The fraction of sp³-hybridized carbons (Fsp3) is 0.435. The molecule has 0 unspecified atom stereocenters. The van der Waals surface area contributed by atoms with Crippen LogP contribution in [0.25, 0.3) is 0 Å². The van der Waals surface area contributed by atoms with Gasteiger partial charge in [-0.1, -0.05) is 24.3 Å². The Balaban J connectivity index is 1.62. The summed E-state index contributed by atoms with van der Waals surface area (Å²) < 4.78 is 57.1. The van der Waals surface area contributed by atoms with Crippen molar-refractivity contribution in [2.75, 3.05) is 46.1 Å². The summed E-state index contributed by atoms with van der Waals surface area (Å²) in [5, 5.41) is 2.75. The van der Waals surface area contributed by atoms with E-state index in [1.54, 1.807) is 0 Å². The number of hydrogen-bond donors (Lipinski definition) is 1. The average molecular weight is 481 g/mol. The third kappa shape index (κ3) is 7.05. The highest BCUT2D eigenvalue weighted by Crippen LogP contribution is 2.22. The Morgan fingerprint density at radius 3 is 2.58 bits per heavy atom. The molecule has 1 fully saturated rings. The van der Waals surface area contributed by atoms with Crippen LogP contribution in [0.5, 0.6) is 0 Å². The van der Waals surface area contributed by atoms with Gasteiger partial charge < -0.3 is 19.5 Å². The van der Waals surface area contributed by atoms with Crippen LogP contribution in [0.2, 0.25) is 0 Å². The maximum Gasteiger partial charge on any atom is 0.251 e. The number of morpholine rings is 1. The zero-order chi connectivity index (χ0) is 23.7. The monoisotopic (exact) mass is 480 g/mol. The number of hydrogen-bond acceptors (Lipinski definition) is 6. The van der Waals surface area contributed by atoms with E-state index in [-0.39, 0.29) is 38.4 Å². The van der Waals surface area contributed by atoms with E-state index >= 15 is 0 Å². The number of amides is 1. The molecule has 0 bridgehead atoms. The molecule has 1 aliphatic heterocycles. The van der Waals surface area contributed by atoms with Gasteiger partial charge in [-0.2, -0.15) is 4.31 Å². The summed E-state index contributed by atoms with van der Waals surface area (Å²) in [6.45, 7) is 5.04. The van der Waals surface area contributed by atoms with Crippen LogP contribution >= 0.6 is 0 Å². The standard InChI is InChI=1S/C23H29FN2O6S/c1-2-30-12-13-32-17-19-5-3-4-18(14-19)16-25-23(27)20-6-7-21(24)22(15-20)33(28,29)26-8-10-31-11-9-26/h3-7,14-15H,2,8-13,16-17H2,1H3,(H,25,27). The fourth-order valence-electron chi connectivity index (χ4n) is 3.33. The summed E-state index contributed by atoms with van der Waals surface area (Å²) in [5.74, 6) is -1.39. The van der Waals surface area contributed by atoms with E-state index in [0.29, 0.717) is 26.4 Å². The molecule has 3 rings (SSSR count). The van der Waals surface area contributed by atoms with Gasteiger partial charge in [0.2, 0.25) is 10.0 Å². The van der Waals surface area contributed by atoms with Gasteiger partial charge in [0.05, 0.1) is 33.0 Å². The highest BCUT2D eigenvalue weighted by molar-refractivity contribution is 7.89. The number of halogens is 1. The van der Waals surface area contributed by atoms with Crippen LogP contribution in [0.1, 0.15) is 28.4 Å². The molecule has 2 aromatic carbocycles. The third-order valence-electron chi connectivity index (χ3n) is 5.07. The smallest absolute Gasteiger partial charge is 0.251 e. The van der Waals surface area contributed by atoms with Gasteiger partial charge in [-0.05, 0) is 36.2 Å². The van der Waals surface area contributed by atoms with Gasteiger partial charge in [-0.15, -0.1) is 0 Å². The van der Waals surface area contributed by atoms with E-state index in [4.69, 9.17) is 14.2 Å². The molecule has 180 valence electrons. The van der Waals surface area contributed by atoms with Crippen LogP contribution in [-0.2, 0) is 37.4 Å². The predicted octanol–water partition coefficient (Wildman–Crippen LogP) is 2.33. The number of ether oxygens (including phenoxy) is 3. The second kappa shape index (κ2) is 12.2. The first-order valence-electron chi connectivity index (χ1n) is 10.8. The predicted molar refractivity (Wildman–Crippen MR) is 120 cm³/mol. The van der Waals surface area contributed by atoms with Gasteiger partial charge in [-0.3, -0.25) is 4.79 Å². The topological polar surface area (TPSA) is 94.2 Å². The highest BCUT2D eigenvalue weighted by Gasteiger charge is 2.29. The van der Waals surface area contributed by atoms with Crippen molar-refractivity contribution in [2.45, 2.75) is 25.0 Å². The normalized spacial score (nSPS) is 14.8. The van der Waals surface area contributed by atoms with Crippen LogP contribution in [-0.4, -0.2) is 64.8 Å². The van der Waals surface area contributed by atoms with Crippen LogP contribution in [0, 0.1) is 5.82 Å². The Morgan fingerprint density at radius 1 is 1.09 bits per heavy atom. The summed E-state index contributed by atoms with van der Waals surface area (Å²) in [6, 6.07) is 10.9. The Morgan fingerprint density at radius 2 is 1.82 bits per heavy atom. The van der Waals surface area contributed by atoms with Gasteiger partial charge in [0.25, 0.3) is 5.91 Å². The molecule has 0 aliphatic carbocycles. The van der Waals surface area contributed by atoms with Crippen LogP contribution in [0.15, 0.2) is 47.4 Å². The van der Waals surface area contributed by atoms with Crippen molar-refractivity contribution in [1.82, 2.24) is 9.62 Å². The maximum absolute atomic E-state index is 14.4. The first kappa shape index (κ1) is 25.3. The SMILES string of the molecule is CCOCCOCc1cccc(CNC(=O)c2ccc(F)c(S(=O)(=O)N3CCOCC3)c2)c1. The molecular formula is C23H29FN2O6S. The zero-order valence-corrected chi connectivity index (χ0v) is 19.4. The number of rotatable bonds is 11. The summed E-state index contributed by atoms with van der Waals surface area (Å²) in [4.78, 5) is 12.1. The second-order valence-electron chi connectivity index (χ2n) is 7.41. The van der Waals surface area contributed by atoms with Gasteiger partial charge in [0.1, 0.15) is 10.7 Å². The van der Waals surface area contributed by atoms with Crippen molar-refractivity contribution in [2.24, 2.45) is 0 Å². The molecule has 1 N–H and O–H groups in total. The lowest BCUT2D eigenvalue weighted by atomic mass is 10.1. The first-order valence-corrected chi connectivity index (χ1v) is 12.2. The molecule has 0 saturated carbocycles. The summed E-state index contributed by atoms with van der Waals surface area (Å²) in [6.07, 6.45) is 0. The molecule has 1 heterocycles. The lowest BCUT2D eigenvalue weighted by Gasteiger charge is -2.26. The lowest BCUT2D eigenvalue weighted by Crippen LogP contribution is -2.41. The van der Waals surface area contributed by atoms with Crippen LogP contribution < -0.4 is 5.32 Å². The van der Waals surface area contributed by atoms with Gasteiger partial charge in [0.15, 0.2) is 0 Å². The van der Waals surface area contributed by atoms with E-state index in [1.165, 1.54) is 10.4 Å². The van der Waals surface area contributed by atoms with Crippen molar-refractivity contribution in [3.8, 4) is 0 Å². The van der Waals surface area contributed by atoms with E-state index < -0.39 is 26.6 Å². The number of carbonyl (C=O) groups excluding carboxylic acids is 1. The molecule has 0 aromatic heterocycles. The number of nitrogens with zero attached hydrogens (tertiary/aromatic N) is 1. The number of carbonyl (C=O) groups is 1. The van der Waals surface area contributed by atoms with E-state index in [0.717, 1.165) is 23.3 Å². The second-order valence-corrected chi connectivity index (χ2v) is 9.32. The van der Waals surface area contributed by atoms with Gasteiger partial charge in [0, 0.05) is 31.8 Å². The Bertz CT molecular complexity index is 1040. The van der Waals surface area contributed by atoms with E-state index in [9.17, 15) is 17.6 Å². The van der Waals surface area contributed by atoms with E-state index in [1.807, 2.05) is 31.2 Å². The molecule has 0 atom stereocenters. The number of benzene rings is 2. The van der Waals surface area contributed by atoms with Crippen molar-refractivity contribution < 1.29 is 31.8 Å². The maximum atomic E-state index is 14.4. The largest absolute Gasteiger partial charge is 0.379 e. The Hall–Kier alpha value is -2.37. The van der Waals surface area contributed by atoms with Crippen molar-refractivity contribution in [3.63, 3.8) is 0 Å². The lowest BCUT2D eigenvalue weighted by molar-refractivity contribution is 0.0453. The number of sulfonamides is 1. The highest BCUT2D eigenvalue weighted by atomic mass is 32.2. The summed E-state index contributed by atoms with van der Waals surface area (Å²) >= 11 is 0. The van der Waals surface area contributed by atoms with Crippen LogP contribution in [0.3, 0.4) is 0 Å². The molecule has 2 aromatic rings. The first-order chi connectivity index (χ1) is 15.9. The molecule has 8 nitrogen and oxygen atoms in total. The molecule has 0 radical (unpaired) electrons. The van der Waals surface area contributed by atoms with Crippen molar-refractivity contribution >= 4 is 15.9 Å². The van der Waals surface area contributed by atoms with Gasteiger partial charge in [-0.25, -0.2) is 12.8 Å². The molecule has 33 heavy (non-hydrogen) atoms. The van der Waals surface area contributed by atoms with Crippen molar-refractivity contribution in [3.05, 3.63) is 65.0 Å². The van der Waals surface area contributed by atoms with Gasteiger partial charge >= 0.3 is 0 Å². The Labute approximate surface area is 193 Å². The fourth-order valence-corrected chi connectivity index (χ4v) is 4.83. The zero-order valence-electron chi connectivity index (χ0n) is 18.6. The molecular weight excluding hydrogens is 451 g/mol. The quantitative estimate of drug-likeness (QED) is 0.496. The summed E-state index contributed by atoms with van der Waals surface area (Å²) in [7, 11) is -4.06. The minimum Gasteiger partial charge on any atom is -0.379 e. The molecule has 1 aliphatic rings. The molecule has 10 heteroatoms. The molecule has 1 amide bonds. The minimum atomic E-state index is -4.06. The Kier molecular flexibility index (Phi) is 9.33. The third-order valence-corrected chi connectivity index (χ3v) is 6.98. The molecule has 1 saturated heterocycles. The summed E-state index contributed by atoms with van der Waals surface area (Å²) in [5.41, 5.74) is 1.88. The van der Waals surface area contributed by atoms with Crippen LogP contribution in [0.4, 0.5) is 4.39 Å².